The van der Waals surface area contributed by atoms with E-state index >= 15 is 0 Å². The molecule has 0 radical (unpaired) electrons. The van der Waals surface area contributed by atoms with Gasteiger partial charge in [-0.15, -0.1) is 0 Å². The molecule has 1 aromatic heterocycles. The zero-order chi connectivity index (χ0) is 15.0. The zero-order valence-corrected chi connectivity index (χ0v) is 11.6. The quantitative estimate of drug-likeness (QED) is 0.776. The van der Waals surface area contributed by atoms with Gasteiger partial charge in [0.1, 0.15) is 11.6 Å². The van der Waals surface area contributed by atoms with Crippen LogP contribution in [0.15, 0.2) is 40.9 Å². The van der Waals surface area contributed by atoms with E-state index < -0.39 is 0 Å². The van der Waals surface area contributed by atoms with E-state index in [-0.39, 0.29) is 11.6 Å². The van der Waals surface area contributed by atoms with Crippen molar-refractivity contribution in [1.82, 2.24) is 10.1 Å². The fourth-order valence-electron chi connectivity index (χ4n) is 2.21. The molecular formula is C16H13FN2O2. The van der Waals surface area contributed by atoms with Crippen LogP contribution in [0.5, 0.6) is 5.75 Å². The molecule has 0 aliphatic carbocycles. The number of nitrogens with zero attached hydrogens (tertiary/aromatic N) is 2. The van der Waals surface area contributed by atoms with Crippen LogP contribution < -0.4 is 0 Å². The van der Waals surface area contributed by atoms with E-state index in [4.69, 9.17) is 4.52 Å². The van der Waals surface area contributed by atoms with Gasteiger partial charge in [0.15, 0.2) is 0 Å². The van der Waals surface area contributed by atoms with E-state index in [0.29, 0.717) is 11.7 Å². The van der Waals surface area contributed by atoms with Crippen molar-refractivity contribution in [2.75, 3.05) is 0 Å². The Balaban J connectivity index is 2.03. The highest BCUT2D eigenvalue weighted by Gasteiger charge is 2.14. The summed E-state index contributed by atoms with van der Waals surface area (Å²) < 4.78 is 18.4. The van der Waals surface area contributed by atoms with E-state index in [1.54, 1.807) is 31.2 Å². The summed E-state index contributed by atoms with van der Waals surface area (Å²) in [6.07, 6.45) is 0. The molecule has 1 N–H and O–H groups in total. The second-order valence-corrected chi connectivity index (χ2v) is 4.88. The summed E-state index contributed by atoms with van der Waals surface area (Å²) in [5.74, 6) is 0.668. The van der Waals surface area contributed by atoms with Crippen LogP contribution in [-0.4, -0.2) is 15.2 Å². The number of hydrogen-bond donors (Lipinski definition) is 1. The molecule has 5 heteroatoms. The third kappa shape index (κ3) is 2.50. The highest BCUT2D eigenvalue weighted by molar-refractivity contribution is 5.65. The first-order valence-corrected chi connectivity index (χ1v) is 6.45. The van der Waals surface area contributed by atoms with Gasteiger partial charge in [0.2, 0.25) is 5.82 Å². The van der Waals surface area contributed by atoms with Crippen LogP contribution >= 0.6 is 0 Å². The molecule has 0 spiro atoms. The van der Waals surface area contributed by atoms with Crippen LogP contribution in [0.1, 0.15) is 11.1 Å². The Labute approximate surface area is 120 Å². The lowest BCUT2D eigenvalue weighted by atomic mass is 10.1. The Morgan fingerprint density at radius 3 is 2.43 bits per heavy atom. The molecule has 2 aromatic carbocycles. The van der Waals surface area contributed by atoms with Crippen LogP contribution in [-0.2, 0) is 0 Å². The lowest BCUT2D eigenvalue weighted by Gasteiger charge is -2.01. The van der Waals surface area contributed by atoms with Crippen molar-refractivity contribution in [3.8, 4) is 28.6 Å². The Hall–Kier alpha value is -2.69. The van der Waals surface area contributed by atoms with Crippen molar-refractivity contribution in [2.24, 2.45) is 0 Å². The molecule has 0 saturated carbocycles. The molecule has 0 unspecified atom stereocenters. The highest BCUT2D eigenvalue weighted by atomic mass is 19.1. The van der Waals surface area contributed by atoms with Gasteiger partial charge in [-0.1, -0.05) is 5.16 Å². The molecule has 0 aliphatic rings. The number of benzene rings is 2. The average Bonchev–Trinajstić information content (AvgIpc) is 2.87. The predicted octanol–water partition coefficient (Wildman–Crippen LogP) is 3.87. The minimum Gasteiger partial charge on any atom is -0.508 e. The topological polar surface area (TPSA) is 59.2 Å². The highest BCUT2D eigenvalue weighted by Crippen LogP contribution is 2.28. The number of rotatable bonds is 2. The normalized spacial score (nSPS) is 10.8. The second-order valence-electron chi connectivity index (χ2n) is 4.88. The van der Waals surface area contributed by atoms with Crippen molar-refractivity contribution >= 4 is 0 Å². The number of aryl methyl sites for hydroxylation is 2. The smallest absolute Gasteiger partial charge is 0.258 e. The van der Waals surface area contributed by atoms with Gasteiger partial charge < -0.3 is 9.63 Å². The van der Waals surface area contributed by atoms with Gasteiger partial charge in [-0.3, -0.25) is 0 Å². The van der Waals surface area contributed by atoms with Gasteiger partial charge >= 0.3 is 0 Å². The maximum atomic E-state index is 13.1. The fraction of sp³-hybridized carbons (Fsp3) is 0.125. The molecule has 4 nitrogen and oxygen atoms in total. The molecule has 21 heavy (non-hydrogen) atoms. The third-order valence-electron chi connectivity index (χ3n) is 3.30. The summed E-state index contributed by atoms with van der Waals surface area (Å²) in [6, 6.07) is 9.33. The molecule has 0 saturated heterocycles. The van der Waals surface area contributed by atoms with E-state index in [1.807, 2.05) is 6.92 Å². The van der Waals surface area contributed by atoms with Crippen molar-refractivity contribution in [2.45, 2.75) is 13.8 Å². The number of hydrogen-bond acceptors (Lipinski definition) is 4. The number of aromatic hydroxyl groups is 1. The number of aromatic nitrogens is 2. The van der Waals surface area contributed by atoms with Gasteiger partial charge in [-0.25, -0.2) is 4.39 Å². The van der Waals surface area contributed by atoms with Crippen LogP contribution in [0.4, 0.5) is 4.39 Å². The summed E-state index contributed by atoms with van der Waals surface area (Å²) in [6.45, 7) is 3.64. The van der Waals surface area contributed by atoms with Crippen LogP contribution in [0.2, 0.25) is 0 Å². The molecule has 1 heterocycles. The average molecular weight is 284 g/mol. The molecule has 106 valence electrons. The number of phenolic OH excluding ortho intramolecular Hbond substituents is 1. The molecule has 0 amide bonds. The maximum Gasteiger partial charge on any atom is 0.258 e. The standard InChI is InChI=1S/C16H13FN2O2/c1-9-7-11(17)3-5-13(9)15-18-16(21-19-15)14-6-4-12(20)8-10(14)2/h3-8,20H,1-2H3. The van der Waals surface area contributed by atoms with Crippen LogP contribution in [0.3, 0.4) is 0 Å². The summed E-state index contributed by atoms with van der Waals surface area (Å²) in [4.78, 5) is 4.35. The Morgan fingerprint density at radius 2 is 1.71 bits per heavy atom. The van der Waals surface area contributed by atoms with E-state index in [0.717, 1.165) is 22.3 Å². The monoisotopic (exact) mass is 284 g/mol. The Bertz CT molecular complexity index is 746. The van der Waals surface area contributed by atoms with E-state index in [1.165, 1.54) is 12.1 Å². The van der Waals surface area contributed by atoms with Gasteiger partial charge in [-0.2, -0.15) is 4.98 Å². The van der Waals surface area contributed by atoms with Crippen molar-refractivity contribution in [1.29, 1.82) is 0 Å². The van der Waals surface area contributed by atoms with Gasteiger partial charge in [0, 0.05) is 11.1 Å². The minimum atomic E-state index is -0.297. The van der Waals surface area contributed by atoms with E-state index in [2.05, 4.69) is 10.1 Å². The molecule has 3 aromatic rings. The van der Waals surface area contributed by atoms with Crippen molar-refractivity contribution < 1.29 is 14.0 Å². The molecule has 0 atom stereocenters. The van der Waals surface area contributed by atoms with E-state index in [9.17, 15) is 9.50 Å². The first-order valence-electron chi connectivity index (χ1n) is 6.45. The van der Waals surface area contributed by atoms with Crippen LogP contribution in [0.25, 0.3) is 22.8 Å². The lowest BCUT2D eigenvalue weighted by molar-refractivity contribution is 0.432. The molecule has 0 fully saturated rings. The summed E-state index contributed by atoms with van der Waals surface area (Å²) in [7, 11) is 0. The molecule has 0 bridgehead atoms. The second kappa shape index (κ2) is 5.01. The van der Waals surface area contributed by atoms with Crippen molar-refractivity contribution in [3.63, 3.8) is 0 Å². The number of phenols is 1. The van der Waals surface area contributed by atoms with Gasteiger partial charge in [0.05, 0.1) is 0 Å². The summed E-state index contributed by atoms with van der Waals surface area (Å²) in [5.41, 5.74) is 3.06. The first-order chi connectivity index (χ1) is 10.0. The van der Waals surface area contributed by atoms with Crippen LogP contribution in [0, 0.1) is 19.7 Å². The molecule has 3 rings (SSSR count). The Kier molecular flexibility index (Phi) is 3.17. The first kappa shape index (κ1) is 13.3. The predicted molar refractivity (Wildman–Crippen MR) is 76.3 cm³/mol. The largest absolute Gasteiger partial charge is 0.508 e. The molecular weight excluding hydrogens is 271 g/mol. The number of halogens is 1. The maximum absolute atomic E-state index is 13.1. The van der Waals surface area contributed by atoms with Crippen molar-refractivity contribution in [3.05, 3.63) is 53.3 Å². The van der Waals surface area contributed by atoms with Gasteiger partial charge in [-0.05, 0) is 61.4 Å². The Morgan fingerprint density at radius 1 is 1.00 bits per heavy atom. The summed E-state index contributed by atoms with van der Waals surface area (Å²) >= 11 is 0. The SMILES string of the molecule is Cc1cc(F)ccc1-c1noc(-c2ccc(O)cc2C)n1. The third-order valence-corrected chi connectivity index (χ3v) is 3.30. The zero-order valence-electron chi connectivity index (χ0n) is 11.6. The lowest BCUT2D eigenvalue weighted by Crippen LogP contribution is -1.88. The minimum absolute atomic E-state index is 0.186. The van der Waals surface area contributed by atoms with Gasteiger partial charge in [0.25, 0.3) is 5.89 Å². The summed E-state index contributed by atoms with van der Waals surface area (Å²) in [5, 5.41) is 13.4. The molecule has 0 aliphatic heterocycles. The fourth-order valence-corrected chi connectivity index (χ4v) is 2.21.